The predicted molar refractivity (Wildman–Crippen MR) is 78.7 cm³/mol. The first kappa shape index (κ1) is 14.9. The highest BCUT2D eigenvalue weighted by molar-refractivity contribution is 5.66. The van der Waals surface area contributed by atoms with Crippen LogP contribution >= 0.6 is 0 Å². The lowest BCUT2D eigenvalue weighted by molar-refractivity contribution is -0.385. The molecule has 7 heteroatoms. The van der Waals surface area contributed by atoms with Crippen molar-refractivity contribution >= 4 is 17.2 Å². The third kappa shape index (κ3) is 3.51. The van der Waals surface area contributed by atoms with Crippen molar-refractivity contribution in [3.05, 3.63) is 51.5 Å². The fraction of sp³-hybridized carbons (Fsp3) is 0.286. The first-order valence-corrected chi connectivity index (χ1v) is 6.47. The molecule has 7 nitrogen and oxygen atoms in total. The summed E-state index contributed by atoms with van der Waals surface area (Å²) in [6.45, 7) is 3.36. The van der Waals surface area contributed by atoms with Gasteiger partial charge in [0, 0.05) is 12.3 Å². The number of hydrogen-bond donors (Lipinski definition) is 2. The second-order valence-corrected chi connectivity index (χ2v) is 4.61. The fourth-order valence-corrected chi connectivity index (χ4v) is 2.03. The fourth-order valence-electron chi connectivity index (χ4n) is 2.03. The van der Waals surface area contributed by atoms with E-state index in [0.717, 1.165) is 5.56 Å². The van der Waals surface area contributed by atoms with Crippen molar-refractivity contribution in [3.8, 4) is 0 Å². The first-order valence-electron chi connectivity index (χ1n) is 6.47. The summed E-state index contributed by atoms with van der Waals surface area (Å²) in [5, 5.41) is 23.0. The molecule has 2 N–H and O–H groups in total. The Balaban J connectivity index is 2.32. The number of nitro groups is 1. The molecular formula is C14H16N4O3. The van der Waals surface area contributed by atoms with E-state index < -0.39 is 4.92 Å². The standard InChI is InChI=1S/C14H16N4O3/c1-9-13(18(20)21)14(16-10(2)15-9)17-12-5-3-11(4-6-12)7-8-19/h3-6,19H,7-8H2,1-2H3,(H,15,16,17). The number of aryl methyl sites for hydroxylation is 2. The smallest absolute Gasteiger partial charge is 0.332 e. The highest BCUT2D eigenvalue weighted by Gasteiger charge is 2.21. The van der Waals surface area contributed by atoms with Crippen LogP contribution in [0.1, 0.15) is 17.1 Å². The van der Waals surface area contributed by atoms with Crippen LogP contribution in [0.15, 0.2) is 24.3 Å². The van der Waals surface area contributed by atoms with Crippen molar-refractivity contribution < 1.29 is 10.0 Å². The second kappa shape index (κ2) is 6.27. The summed E-state index contributed by atoms with van der Waals surface area (Å²) in [6.07, 6.45) is 0.576. The first-order chi connectivity index (χ1) is 10.0. The largest absolute Gasteiger partial charge is 0.396 e. The molecule has 2 rings (SSSR count). The molecule has 0 radical (unpaired) electrons. The van der Waals surface area contributed by atoms with Gasteiger partial charge in [0.05, 0.1) is 4.92 Å². The minimum atomic E-state index is -0.489. The van der Waals surface area contributed by atoms with Gasteiger partial charge in [-0.25, -0.2) is 9.97 Å². The van der Waals surface area contributed by atoms with E-state index in [4.69, 9.17) is 5.11 Å². The van der Waals surface area contributed by atoms with E-state index in [1.807, 2.05) is 12.1 Å². The SMILES string of the molecule is Cc1nc(C)c([N+](=O)[O-])c(Nc2ccc(CCO)cc2)n1. The van der Waals surface area contributed by atoms with Gasteiger partial charge < -0.3 is 10.4 Å². The lowest BCUT2D eigenvalue weighted by Gasteiger charge is -2.09. The third-order valence-electron chi connectivity index (χ3n) is 2.97. The number of hydrogen-bond acceptors (Lipinski definition) is 6. The molecule has 0 saturated carbocycles. The van der Waals surface area contributed by atoms with Crippen molar-refractivity contribution in [2.24, 2.45) is 0 Å². The molecule has 1 aromatic heterocycles. The maximum atomic E-state index is 11.1. The van der Waals surface area contributed by atoms with E-state index in [9.17, 15) is 10.1 Å². The Morgan fingerprint density at radius 1 is 1.24 bits per heavy atom. The van der Waals surface area contributed by atoms with Gasteiger partial charge in [0.15, 0.2) is 0 Å². The number of nitrogens with zero attached hydrogens (tertiary/aromatic N) is 3. The number of aliphatic hydroxyl groups is 1. The molecule has 0 atom stereocenters. The Morgan fingerprint density at radius 2 is 1.90 bits per heavy atom. The quantitative estimate of drug-likeness (QED) is 0.646. The van der Waals surface area contributed by atoms with Crippen molar-refractivity contribution in [2.45, 2.75) is 20.3 Å². The van der Waals surface area contributed by atoms with E-state index in [2.05, 4.69) is 15.3 Å². The maximum Gasteiger partial charge on any atom is 0.332 e. The molecule has 0 spiro atoms. The maximum absolute atomic E-state index is 11.1. The van der Waals surface area contributed by atoms with E-state index in [1.165, 1.54) is 0 Å². The van der Waals surface area contributed by atoms with E-state index in [1.54, 1.807) is 26.0 Å². The van der Waals surface area contributed by atoms with Gasteiger partial charge in [0.25, 0.3) is 0 Å². The summed E-state index contributed by atoms with van der Waals surface area (Å²) >= 11 is 0. The van der Waals surface area contributed by atoms with Gasteiger partial charge in [-0.05, 0) is 38.0 Å². The number of benzene rings is 1. The molecule has 0 aliphatic carbocycles. The molecule has 0 fully saturated rings. The Kier molecular flexibility index (Phi) is 4.44. The zero-order valence-corrected chi connectivity index (χ0v) is 11.8. The molecule has 1 heterocycles. The average molecular weight is 288 g/mol. The van der Waals surface area contributed by atoms with Crippen LogP contribution in [0.5, 0.6) is 0 Å². The molecule has 0 amide bonds. The zero-order valence-electron chi connectivity index (χ0n) is 11.8. The van der Waals surface area contributed by atoms with Crippen LogP contribution in [-0.2, 0) is 6.42 Å². The predicted octanol–water partition coefficient (Wildman–Crippen LogP) is 2.28. The minimum Gasteiger partial charge on any atom is -0.396 e. The van der Waals surface area contributed by atoms with E-state index in [0.29, 0.717) is 23.6 Å². The number of nitrogens with one attached hydrogen (secondary N) is 1. The lowest BCUT2D eigenvalue weighted by atomic mass is 10.1. The number of aromatic nitrogens is 2. The van der Waals surface area contributed by atoms with Crippen LogP contribution in [0.3, 0.4) is 0 Å². The summed E-state index contributed by atoms with van der Waals surface area (Å²) in [5.74, 6) is 0.650. The number of aliphatic hydroxyl groups excluding tert-OH is 1. The monoisotopic (exact) mass is 288 g/mol. The van der Waals surface area contributed by atoms with Crippen LogP contribution in [-0.4, -0.2) is 26.6 Å². The minimum absolute atomic E-state index is 0.0859. The van der Waals surface area contributed by atoms with Gasteiger partial charge in [-0.3, -0.25) is 10.1 Å². The molecule has 0 unspecified atom stereocenters. The molecule has 0 aliphatic heterocycles. The van der Waals surface area contributed by atoms with Crippen molar-refractivity contribution in [2.75, 3.05) is 11.9 Å². The highest BCUT2D eigenvalue weighted by atomic mass is 16.6. The van der Waals surface area contributed by atoms with Gasteiger partial charge in [-0.1, -0.05) is 12.1 Å². The van der Waals surface area contributed by atoms with Gasteiger partial charge in [-0.2, -0.15) is 0 Å². The Morgan fingerprint density at radius 3 is 2.48 bits per heavy atom. The van der Waals surface area contributed by atoms with Gasteiger partial charge in [-0.15, -0.1) is 0 Å². The molecule has 110 valence electrons. The molecule has 2 aromatic rings. The van der Waals surface area contributed by atoms with Gasteiger partial charge in [0.1, 0.15) is 11.5 Å². The molecular weight excluding hydrogens is 272 g/mol. The van der Waals surface area contributed by atoms with Crippen molar-refractivity contribution in [3.63, 3.8) is 0 Å². The van der Waals surface area contributed by atoms with E-state index in [-0.39, 0.29) is 18.1 Å². The molecule has 0 saturated heterocycles. The molecule has 0 bridgehead atoms. The Labute approximate surface area is 121 Å². The van der Waals surface area contributed by atoms with Crippen LogP contribution in [0.4, 0.5) is 17.2 Å². The highest BCUT2D eigenvalue weighted by Crippen LogP contribution is 2.28. The summed E-state index contributed by atoms with van der Waals surface area (Å²) in [5.41, 5.74) is 1.89. The van der Waals surface area contributed by atoms with Gasteiger partial charge in [0.2, 0.25) is 5.82 Å². The third-order valence-corrected chi connectivity index (χ3v) is 2.97. The van der Waals surface area contributed by atoms with Crippen molar-refractivity contribution in [1.29, 1.82) is 0 Å². The summed E-state index contributed by atoms with van der Waals surface area (Å²) in [7, 11) is 0. The van der Waals surface area contributed by atoms with Crippen LogP contribution < -0.4 is 5.32 Å². The zero-order chi connectivity index (χ0) is 15.4. The summed E-state index contributed by atoms with van der Waals surface area (Å²) in [6, 6.07) is 7.29. The van der Waals surface area contributed by atoms with Crippen molar-refractivity contribution in [1.82, 2.24) is 9.97 Å². The summed E-state index contributed by atoms with van der Waals surface area (Å²) < 4.78 is 0. The number of anilines is 2. The average Bonchev–Trinajstić information content (AvgIpc) is 2.40. The van der Waals surface area contributed by atoms with Crippen LogP contribution in [0.25, 0.3) is 0 Å². The lowest BCUT2D eigenvalue weighted by Crippen LogP contribution is -2.05. The topological polar surface area (TPSA) is 101 Å². The Bertz CT molecular complexity index is 656. The second-order valence-electron chi connectivity index (χ2n) is 4.61. The van der Waals surface area contributed by atoms with E-state index >= 15 is 0 Å². The number of rotatable bonds is 5. The molecule has 0 aliphatic rings. The molecule has 1 aromatic carbocycles. The van der Waals surface area contributed by atoms with Gasteiger partial charge >= 0.3 is 5.69 Å². The summed E-state index contributed by atoms with van der Waals surface area (Å²) in [4.78, 5) is 18.8. The van der Waals surface area contributed by atoms with Crippen LogP contribution in [0.2, 0.25) is 0 Å². The molecule has 21 heavy (non-hydrogen) atoms. The van der Waals surface area contributed by atoms with Crippen LogP contribution in [0, 0.1) is 24.0 Å². The normalized spacial score (nSPS) is 10.4. The Hall–Kier alpha value is -2.54.